The van der Waals surface area contributed by atoms with Crippen molar-refractivity contribution in [1.82, 2.24) is 4.90 Å². The summed E-state index contributed by atoms with van der Waals surface area (Å²) in [5, 5.41) is 0. The number of anilines is 1. The molecule has 1 aliphatic rings. The van der Waals surface area contributed by atoms with Gasteiger partial charge in [-0.05, 0) is 60.3 Å². The maximum Gasteiger partial charge on any atom is 0.0364 e. The second kappa shape index (κ2) is 6.29. The third kappa shape index (κ3) is 3.61. The number of rotatable bonds is 4. The number of allylic oxidation sites excluding steroid dienone is 2. The summed E-state index contributed by atoms with van der Waals surface area (Å²) in [6.45, 7) is 7.92. The maximum absolute atomic E-state index is 2.36. The molecule has 0 aromatic heterocycles. The largest absolute Gasteiger partial charge is 0.378 e. The molecule has 0 saturated carbocycles. The molecule has 1 aromatic rings. The van der Waals surface area contributed by atoms with Crippen LogP contribution in [0, 0.1) is 0 Å². The highest BCUT2D eigenvalue weighted by molar-refractivity contribution is 5.79. The van der Waals surface area contributed by atoms with E-state index < -0.39 is 0 Å². The molecule has 0 fully saturated rings. The van der Waals surface area contributed by atoms with E-state index in [1.165, 1.54) is 28.0 Å². The maximum atomic E-state index is 2.36. The van der Waals surface area contributed by atoms with Crippen LogP contribution in [0.1, 0.15) is 38.3 Å². The summed E-state index contributed by atoms with van der Waals surface area (Å²) < 4.78 is 0. The topological polar surface area (TPSA) is 6.48 Å². The van der Waals surface area contributed by atoms with E-state index >= 15 is 0 Å². The molecule has 0 heterocycles. The molecule has 0 amide bonds. The minimum Gasteiger partial charge on any atom is -0.378 e. The zero-order valence-electron chi connectivity index (χ0n) is 15.2. The molecule has 0 unspecified atom stereocenters. The van der Waals surface area contributed by atoms with Crippen LogP contribution in [0.15, 0.2) is 35.9 Å². The molecule has 0 N–H and O–H groups in total. The molecule has 0 radical (unpaired) electrons. The Morgan fingerprint density at radius 2 is 1.73 bits per heavy atom. The lowest BCUT2D eigenvalue weighted by Crippen LogP contribution is -2.18. The van der Waals surface area contributed by atoms with Gasteiger partial charge in [-0.15, -0.1) is 0 Å². The lowest BCUT2D eigenvalue weighted by molar-refractivity contribution is 0.449. The van der Waals surface area contributed by atoms with Gasteiger partial charge in [0.05, 0.1) is 0 Å². The first kappa shape index (κ1) is 16.8. The predicted molar refractivity (Wildman–Crippen MR) is 98.7 cm³/mol. The van der Waals surface area contributed by atoms with Crippen LogP contribution in [0.2, 0.25) is 0 Å². The molecule has 22 heavy (non-hydrogen) atoms. The van der Waals surface area contributed by atoms with Gasteiger partial charge in [0.25, 0.3) is 0 Å². The van der Waals surface area contributed by atoms with Gasteiger partial charge in [-0.2, -0.15) is 0 Å². The minimum absolute atomic E-state index is 0.139. The van der Waals surface area contributed by atoms with Crippen molar-refractivity contribution in [1.29, 1.82) is 0 Å². The van der Waals surface area contributed by atoms with Crippen LogP contribution in [-0.4, -0.2) is 39.6 Å². The molecule has 2 heteroatoms. The summed E-state index contributed by atoms with van der Waals surface area (Å²) in [6.07, 6.45) is 5.63. The fourth-order valence-corrected chi connectivity index (χ4v) is 3.02. The molecule has 0 spiro atoms. The van der Waals surface area contributed by atoms with Crippen LogP contribution < -0.4 is 4.90 Å². The highest BCUT2D eigenvalue weighted by Gasteiger charge is 2.23. The average Bonchev–Trinajstić information content (AvgIpc) is 2.84. The van der Waals surface area contributed by atoms with Crippen molar-refractivity contribution in [3.63, 3.8) is 0 Å². The van der Waals surface area contributed by atoms with Crippen molar-refractivity contribution in [3.05, 3.63) is 47.1 Å². The van der Waals surface area contributed by atoms with E-state index in [9.17, 15) is 0 Å². The van der Waals surface area contributed by atoms with Crippen molar-refractivity contribution in [2.45, 2.75) is 32.6 Å². The average molecular weight is 298 g/mol. The fourth-order valence-electron chi connectivity index (χ4n) is 3.02. The van der Waals surface area contributed by atoms with Crippen LogP contribution >= 0.6 is 0 Å². The van der Waals surface area contributed by atoms with Crippen molar-refractivity contribution in [2.24, 2.45) is 0 Å². The lowest BCUT2D eigenvalue weighted by atomic mass is 9.80. The lowest BCUT2D eigenvalue weighted by Gasteiger charge is -2.27. The highest BCUT2D eigenvalue weighted by atomic mass is 15.1. The normalized spacial score (nSPS) is 15.1. The highest BCUT2D eigenvalue weighted by Crippen LogP contribution is 2.38. The molecule has 1 aliphatic carbocycles. The van der Waals surface area contributed by atoms with Crippen molar-refractivity contribution in [3.8, 4) is 0 Å². The number of likely N-dealkylation sites (N-methyl/N-ethyl adjacent to an activating group) is 1. The van der Waals surface area contributed by atoms with Crippen LogP contribution in [0.25, 0.3) is 5.57 Å². The van der Waals surface area contributed by atoms with Crippen LogP contribution in [-0.2, 0) is 5.41 Å². The molecular weight excluding hydrogens is 268 g/mol. The molecule has 2 nitrogen and oxygen atoms in total. The van der Waals surface area contributed by atoms with E-state index in [2.05, 4.69) is 89.1 Å². The Kier molecular flexibility index (Phi) is 4.81. The fraction of sp³-hybridized carbons (Fsp3) is 0.500. The first-order valence-corrected chi connectivity index (χ1v) is 8.05. The summed E-state index contributed by atoms with van der Waals surface area (Å²) in [5.41, 5.74) is 7.21. The van der Waals surface area contributed by atoms with Crippen LogP contribution in [0.4, 0.5) is 5.69 Å². The quantitative estimate of drug-likeness (QED) is 0.816. The Balaban J connectivity index is 2.55. The second-order valence-electron chi connectivity index (χ2n) is 7.72. The predicted octanol–water partition coefficient (Wildman–Crippen LogP) is 4.33. The van der Waals surface area contributed by atoms with Gasteiger partial charge in [0.1, 0.15) is 0 Å². The second-order valence-corrected chi connectivity index (χ2v) is 7.72. The van der Waals surface area contributed by atoms with E-state index in [-0.39, 0.29) is 5.41 Å². The van der Waals surface area contributed by atoms with Gasteiger partial charge in [-0.1, -0.05) is 39.0 Å². The first-order chi connectivity index (χ1) is 10.2. The summed E-state index contributed by atoms with van der Waals surface area (Å²) in [6, 6.07) is 6.91. The molecule has 1 aromatic carbocycles. The van der Waals surface area contributed by atoms with Crippen molar-refractivity contribution < 1.29 is 0 Å². The van der Waals surface area contributed by atoms with Crippen LogP contribution in [0.5, 0.6) is 0 Å². The van der Waals surface area contributed by atoms with Crippen molar-refractivity contribution >= 4 is 11.3 Å². The zero-order chi connectivity index (χ0) is 16.5. The Labute approximate surface area is 136 Å². The van der Waals surface area contributed by atoms with Gasteiger partial charge in [0.15, 0.2) is 0 Å². The molecule has 0 atom stereocenters. The Morgan fingerprint density at radius 3 is 2.27 bits per heavy atom. The SMILES string of the molecule is CN(C)CC1=C(c2ccc(N(C)C)cc2C(C)(C)C)CC=C1. The number of nitrogens with zero attached hydrogens (tertiary/aromatic N) is 2. The van der Waals surface area contributed by atoms with E-state index in [0.717, 1.165) is 13.0 Å². The van der Waals surface area contributed by atoms with E-state index in [1.54, 1.807) is 0 Å². The first-order valence-electron chi connectivity index (χ1n) is 8.05. The number of hydrogen-bond donors (Lipinski definition) is 0. The Hall–Kier alpha value is -1.54. The van der Waals surface area contributed by atoms with E-state index in [0.29, 0.717) is 0 Å². The monoisotopic (exact) mass is 298 g/mol. The van der Waals surface area contributed by atoms with Gasteiger partial charge in [0.2, 0.25) is 0 Å². The van der Waals surface area contributed by atoms with Gasteiger partial charge < -0.3 is 9.80 Å². The third-order valence-corrected chi connectivity index (χ3v) is 4.17. The molecule has 0 bridgehead atoms. The molecule has 120 valence electrons. The summed E-state index contributed by atoms with van der Waals surface area (Å²) in [4.78, 5) is 4.43. The van der Waals surface area contributed by atoms with Crippen molar-refractivity contribution in [2.75, 3.05) is 39.6 Å². The minimum atomic E-state index is 0.139. The molecule has 2 rings (SSSR count). The van der Waals surface area contributed by atoms with Gasteiger partial charge in [-0.25, -0.2) is 0 Å². The molecule has 0 aliphatic heterocycles. The zero-order valence-corrected chi connectivity index (χ0v) is 15.2. The third-order valence-electron chi connectivity index (χ3n) is 4.17. The van der Waals surface area contributed by atoms with Gasteiger partial charge in [0, 0.05) is 26.3 Å². The van der Waals surface area contributed by atoms with Gasteiger partial charge >= 0.3 is 0 Å². The summed E-state index contributed by atoms with van der Waals surface area (Å²) in [5.74, 6) is 0. The van der Waals surface area contributed by atoms with E-state index in [4.69, 9.17) is 0 Å². The Morgan fingerprint density at radius 1 is 1.05 bits per heavy atom. The molecule has 0 saturated heterocycles. The summed E-state index contributed by atoms with van der Waals surface area (Å²) in [7, 11) is 8.48. The van der Waals surface area contributed by atoms with Gasteiger partial charge in [-0.3, -0.25) is 0 Å². The summed E-state index contributed by atoms with van der Waals surface area (Å²) >= 11 is 0. The Bertz CT molecular complexity index is 599. The number of hydrogen-bond acceptors (Lipinski definition) is 2. The van der Waals surface area contributed by atoms with Crippen LogP contribution in [0.3, 0.4) is 0 Å². The van der Waals surface area contributed by atoms with E-state index in [1.807, 2.05) is 0 Å². The smallest absolute Gasteiger partial charge is 0.0364 e. The standard InChI is InChI=1S/C20H30N2/c1-20(2,3)19-13-16(22(6)7)11-12-18(19)17-10-8-9-15(17)14-21(4)5/h8-9,11-13H,10,14H2,1-7H3. The molecular formula is C20H30N2. The number of benzene rings is 1.